The highest BCUT2D eigenvalue weighted by Gasteiger charge is 2.20. The Bertz CT molecular complexity index is 925. The molecule has 0 N–H and O–H groups in total. The first-order chi connectivity index (χ1) is 11.6. The second-order valence-electron chi connectivity index (χ2n) is 5.38. The average molecular weight is 336 g/mol. The fourth-order valence-corrected chi connectivity index (χ4v) is 3.11. The summed E-state index contributed by atoms with van der Waals surface area (Å²) in [7, 11) is 1.60. The number of ether oxygens (including phenoxy) is 2. The van der Waals surface area contributed by atoms with Crippen molar-refractivity contribution in [1.82, 2.24) is 4.37 Å². The summed E-state index contributed by atoms with van der Waals surface area (Å²) in [4.78, 5) is 0. The van der Waals surface area contributed by atoms with Gasteiger partial charge in [-0.1, -0.05) is 24.3 Å². The maximum atomic E-state index is 9.61. The van der Waals surface area contributed by atoms with Crippen LogP contribution in [0.1, 0.15) is 16.7 Å². The standard InChI is InChI=1S/C19H16N2O2S/c1-12-8-9-13(2)17(10-12)23-19-15(11-20)18(21-24-19)14-6-4-5-7-16(14)22-3/h4-10H,1-3H3. The van der Waals surface area contributed by atoms with Crippen LogP contribution in [0.2, 0.25) is 0 Å². The van der Waals surface area contributed by atoms with Crippen LogP contribution in [0.4, 0.5) is 0 Å². The number of hydrogen-bond donors (Lipinski definition) is 0. The molecule has 3 aromatic rings. The molecule has 4 nitrogen and oxygen atoms in total. The summed E-state index contributed by atoms with van der Waals surface area (Å²) in [5.41, 5.74) is 3.90. The van der Waals surface area contributed by atoms with Crippen LogP contribution in [-0.2, 0) is 0 Å². The Kier molecular flexibility index (Phi) is 4.50. The van der Waals surface area contributed by atoms with Crippen LogP contribution < -0.4 is 9.47 Å². The number of nitriles is 1. The molecule has 1 heterocycles. The van der Waals surface area contributed by atoms with Gasteiger partial charge in [0.15, 0.2) is 0 Å². The Morgan fingerprint density at radius 3 is 2.62 bits per heavy atom. The van der Waals surface area contributed by atoms with Crippen molar-refractivity contribution in [2.75, 3.05) is 7.11 Å². The van der Waals surface area contributed by atoms with Gasteiger partial charge in [0.2, 0.25) is 5.06 Å². The van der Waals surface area contributed by atoms with Crippen LogP contribution in [0.25, 0.3) is 11.3 Å². The molecule has 1 aromatic heterocycles. The van der Waals surface area contributed by atoms with Crippen LogP contribution in [0.3, 0.4) is 0 Å². The average Bonchev–Trinajstić information content (AvgIpc) is 3.00. The minimum absolute atomic E-state index is 0.422. The molecule has 0 fully saturated rings. The van der Waals surface area contributed by atoms with Crippen molar-refractivity contribution in [2.45, 2.75) is 13.8 Å². The van der Waals surface area contributed by atoms with E-state index in [0.717, 1.165) is 22.4 Å². The molecule has 5 heteroatoms. The number of rotatable bonds is 4. The third-order valence-corrected chi connectivity index (χ3v) is 4.41. The minimum Gasteiger partial charge on any atom is -0.496 e. The van der Waals surface area contributed by atoms with Crippen LogP contribution >= 0.6 is 11.5 Å². The van der Waals surface area contributed by atoms with Crippen LogP contribution in [0.15, 0.2) is 42.5 Å². The van der Waals surface area contributed by atoms with Gasteiger partial charge in [-0.25, -0.2) is 0 Å². The Balaban J connectivity index is 2.05. The lowest BCUT2D eigenvalue weighted by Crippen LogP contribution is -1.91. The summed E-state index contributed by atoms with van der Waals surface area (Å²) in [6.45, 7) is 3.98. The van der Waals surface area contributed by atoms with Gasteiger partial charge in [0.25, 0.3) is 0 Å². The number of aromatic nitrogens is 1. The van der Waals surface area contributed by atoms with Gasteiger partial charge in [-0.3, -0.25) is 0 Å². The van der Waals surface area contributed by atoms with Crippen molar-refractivity contribution in [3.63, 3.8) is 0 Å². The molecule has 0 saturated heterocycles. The number of methoxy groups -OCH3 is 1. The van der Waals surface area contributed by atoms with Gasteiger partial charge in [0, 0.05) is 17.1 Å². The molecule has 0 saturated carbocycles. The van der Waals surface area contributed by atoms with Crippen molar-refractivity contribution in [1.29, 1.82) is 5.26 Å². The molecule has 0 unspecified atom stereocenters. The Morgan fingerprint density at radius 1 is 1.08 bits per heavy atom. The topological polar surface area (TPSA) is 55.1 Å². The SMILES string of the molecule is COc1ccccc1-c1nsc(Oc2cc(C)ccc2C)c1C#N. The van der Waals surface area contributed by atoms with Crippen LogP contribution in [0, 0.1) is 25.2 Å². The second kappa shape index (κ2) is 6.73. The van der Waals surface area contributed by atoms with E-state index >= 15 is 0 Å². The molecule has 0 aliphatic heterocycles. The second-order valence-corrected chi connectivity index (χ2v) is 6.11. The zero-order valence-electron chi connectivity index (χ0n) is 13.7. The van der Waals surface area contributed by atoms with Gasteiger partial charge in [0.1, 0.15) is 28.8 Å². The van der Waals surface area contributed by atoms with E-state index in [4.69, 9.17) is 9.47 Å². The highest BCUT2D eigenvalue weighted by atomic mass is 32.1. The molecular weight excluding hydrogens is 320 g/mol. The molecule has 2 aromatic carbocycles. The highest BCUT2D eigenvalue weighted by molar-refractivity contribution is 7.08. The van der Waals surface area contributed by atoms with Crippen LogP contribution in [-0.4, -0.2) is 11.5 Å². The zero-order valence-corrected chi connectivity index (χ0v) is 14.5. The highest BCUT2D eigenvalue weighted by Crippen LogP contribution is 2.40. The maximum Gasteiger partial charge on any atom is 0.218 e. The lowest BCUT2D eigenvalue weighted by atomic mass is 10.1. The van der Waals surface area contributed by atoms with E-state index in [2.05, 4.69) is 10.4 Å². The summed E-state index contributed by atoms with van der Waals surface area (Å²) in [6, 6.07) is 15.7. The number of nitrogens with zero attached hydrogens (tertiary/aromatic N) is 2. The molecule has 0 spiro atoms. The van der Waals surface area contributed by atoms with E-state index in [-0.39, 0.29) is 0 Å². The first-order valence-electron chi connectivity index (χ1n) is 7.42. The molecule has 0 amide bonds. The lowest BCUT2D eigenvalue weighted by molar-refractivity contribution is 0.416. The molecule has 0 aliphatic rings. The van der Waals surface area contributed by atoms with E-state index in [1.165, 1.54) is 11.5 Å². The van der Waals surface area contributed by atoms with E-state index in [0.29, 0.717) is 22.1 Å². The van der Waals surface area contributed by atoms with Gasteiger partial charge in [-0.05, 0) is 43.2 Å². The van der Waals surface area contributed by atoms with E-state index < -0.39 is 0 Å². The normalized spacial score (nSPS) is 10.2. The van der Waals surface area contributed by atoms with Crippen molar-refractivity contribution in [3.05, 3.63) is 59.2 Å². The fraction of sp³-hybridized carbons (Fsp3) is 0.158. The molecular formula is C19H16N2O2S. The quantitative estimate of drug-likeness (QED) is 0.665. The van der Waals surface area contributed by atoms with Crippen molar-refractivity contribution in [3.8, 4) is 33.9 Å². The van der Waals surface area contributed by atoms with Crippen LogP contribution in [0.5, 0.6) is 16.6 Å². The molecule has 0 bridgehead atoms. The minimum atomic E-state index is 0.422. The Morgan fingerprint density at radius 2 is 1.88 bits per heavy atom. The molecule has 0 aliphatic carbocycles. The number of para-hydroxylation sites is 1. The number of hydrogen-bond acceptors (Lipinski definition) is 5. The van der Waals surface area contributed by atoms with Gasteiger partial charge < -0.3 is 9.47 Å². The maximum absolute atomic E-state index is 9.61. The predicted octanol–water partition coefficient (Wildman–Crippen LogP) is 5.10. The fourth-order valence-electron chi connectivity index (χ4n) is 2.38. The van der Waals surface area contributed by atoms with Gasteiger partial charge in [0.05, 0.1) is 7.11 Å². The Labute approximate surface area is 145 Å². The largest absolute Gasteiger partial charge is 0.496 e. The predicted molar refractivity (Wildman–Crippen MR) is 94.8 cm³/mol. The van der Waals surface area contributed by atoms with Crippen molar-refractivity contribution >= 4 is 11.5 Å². The summed E-state index contributed by atoms with van der Waals surface area (Å²) in [5.74, 6) is 1.42. The third kappa shape index (κ3) is 2.97. The smallest absolute Gasteiger partial charge is 0.218 e. The third-order valence-electron chi connectivity index (χ3n) is 3.68. The summed E-state index contributed by atoms with van der Waals surface area (Å²) >= 11 is 1.17. The number of aryl methyl sites for hydroxylation is 2. The molecule has 24 heavy (non-hydrogen) atoms. The lowest BCUT2D eigenvalue weighted by Gasteiger charge is -2.08. The summed E-state index contributed by atoms with van der Waals surface area (Å²) < 4.78 is 15.8. The van der Waals surface area contributed by atoms with Crippen molar-refractivity contribution in [2.24, 2.45) is 0 Å². The molecule has 3 rings (SSSR count). The zero-order chi connectivity index (χ0) is 17.1. The molecule has 120 valence electrons. The van der Waals surface area contributed by atoms with E-state index in [9.17, 15) is 5.26 Å². The Hall–Kier alpha value is -2.84. The van der Waals surface area contributed by atoms with Gasteiger partial charge in [-0.2, -0.15) is 9.64 Å². The molecule has 0 radical (unpaired) electrons. The van der Waals surface area contributed by atoms with E-state index in [1.54, 1.807) is 7.11 Å². The first-order valence-corrected chi connectivity index (χ1v) is 8.19. The van der Waals surface area contributed by atoms with Gasteiger partial charge in [-0.15, -0.1) is 0 Å². The summed E-state index contributed by atoms with van der Waals surface area (Å²) in [6.07, 6.45) is 0. The van der Waals surface area contributed by atoms with E-state index in [1.807, 2.05) is 56.3 Å². The summed E-state index contributed by atoms with van der Waals surface area (Å²) in [5, 5.41) is 10.1. The van der Waals surface area contributed by atoms with Crippen molar-refractivity contribution < 1.29 is 9.47 Å². The van der Waals surface area contributed by atoms with Gasteiger partial charge >= 0.3 is 0 Å². The monoisotopic (exact) mass is 336 g/mol. The number of benzene rings is 2. The molecule has 0 atom stereocenters. The first kappa shape index (κ1) is 16.0.